The zero-order valence-corrected chi connectivity index (χ0v) is 14.6. The molecule has 120 valence electrons. The Morgan fingerprint density at radius 3 is 2.77 bits per heavy atom. The lowest BCUT2D eigenvalue weighted by Gasteiger charge is -2.38. The SMILES string of the molecule is CC.Cc1cc(CN2CC[C@@H]3C=CCCC3C2=O)ccc1Cl. The van der Waals surface area contributed by atoms with Crippen molar-refractivity contribution in [1.29, 1.82) is 0 Å². The van der Waals surface area contributed by atoms with Gasteiger partial charge in [-0.05, 0) is 49.3 Å². The molecule has 2 nitrogen and oxygen atoms in total. The fourth-order valence-corrected chi connectivity index (χ4v) is 3.45. The number of benzene rings is 1. The molecular formula is C19H26ClNO. The van der Waals surface area contributed by atoms with E-state index in [1.165, 1.54) is 5.56 Å². The highest BCUT2D eigenvalue weighted by Crippen LogP contribution is 2.33. The van der Waals surface area contributed by atoms with Gasteiger partial charge in [-0.3, -0.25) is 4.79 Å². The van der Waals surface area contributed by atoms with Crippen LogP contribution in [0.4, 0.5) is 0 Å². The number of allylic oxidation sites excluding steroid dienone is 2. The fourth-order valence-electron chi connectivity index (χ4n) is 3.33. The molecule has 0 saturated carbocycles. The number of hydrogen-bond donors (Lipinski definition) is 0. The van der Waals surface area contributed by atoms with Crippen LogP contribution >= 0.6 is 11.6 Å². The summed E-state index contributed by atoms with van der Waals surface area (Å²) in [6.45, 7) is 7.58. The highest BCUT2D eigenvalue weighted by atomic mass is 35.5. The summed E-state index contributed by atoms with van der Waals surface area (Å²) in [5.41, 5.74) is 2.25. The molecule has 2 atom stereocenters. The van der Waals surface area contributed by atoms with Crippen LogP contribution in [0, 0.1) is 18.8 Å². The van der Waals surface area contributed by atoms with Crippen LogP contribution in [0.5, 0.6) is 0 Å². The lowest BCUT2D eigenvalue weighted by atomic mass is 9.78. The standard InChI is InChI=1S/C17H20ClNO.C2H6/c1-12-10-13(6-7-16(12)18)11-19-9-8-14-4-2-3-5-15(14)17(19)20;1-2/h2,4,6-7,10,14-15H,3,5,8-9,11H2,1H3;1-2H3/t14-,15?;/m0./s1. The van der Waals surface area contributed by atoms with E-state index >= 15 is 0 Å². The molecule has 1 aliphatic heterocycles. The Labute approximate surface area is 139 Å². The molecule has 3 rings (SSSR count). The number of piperidine rings is 1. The number of likely N-dealkylation sites (tertiary alicyclic amines) is 1. The zero-order valence-electron chi connectivity index (χ0n) is 13.8. The minimum Gasteiger partial charge on any atom is -0.338 e. The fraction of sp³-hybridized carbons (Fsp3) is 0.526. The molecule has 3 heteroatoms. The number of hydrogen-bond acceptors (Lipinski definition) is 1. The van der Waals surface area contributed by atoms with E-state index in [2.05, 4.69) is 18.2 Å². The maximum atomic E-state index is 12.6. The summed E-state index contributed by atoms with van der Waals surface area (Å²) < 4.78 is 0. The van der Waals surface area contributed by atoms with Crippen molar-refractivity contribution in [2.75, 3.05) is 6.54 Å². The molecule has 0 radical (unpaired) electrons. The van der Waals surface area contributed by atoms with E-state index in [4.69, 9.17) is 11.6 Å². The molecule has 1 aromatic rings. The van der Waals surface area contributed by atoms with Crippen LogP contribution < -0.4 is 0 Å². The molecule has 0 bridgehead atoms. The number of carbonyl (C=O) groups is 1. The van der Waals surface area contributed by atoms with E-state index in [0.29, 0.717) is 18.4 Å². The quantitative estimate of drug-likeness (QED) is 0.703. The maximum absolute atomic E-state index is 12.6. The third-order valence-electron chi connectivity index (χ3n) is 4.50. The van der Waals surface area contributed by atoms with Crippen LogP contribution in [0.3, 0.4) is 0 Å². The van der Waals surface area contributed by atoms with Crippen LogP contribution in [0.25, 0.3) is 0 Å². The number of carbonyl (C=O) groups excluding carboxylic acids is 1. The Morgan fingerprint density at radius 2 is 2.05 bits per heavy atom. The highest BCUT2D eigenvalue weighted by molar-refractivity contribution is 6.31. The molecule has 22 heavy (non-hydrogen) atoms. The largest absolute Gasteiger partial charge is 0.338 e. The zero-order chi connectivity index (χ0) is 16.1. The number of halogens is 1. The van der Waals surface area contributed by atoms with Gasteiger partial charge in [0.25, 0.3) is 0 Å². The highest BCUT2D eigenvalue weighted by Gasteiger charge is 2.35. The van der Waals surface area contributed by atoms with Crippen molar-refractivity contribution >= 4 is 17.5 Å². The maximum Gasteiger partial charge on any atom is 0.226 e. The van der Waals surface area contributed by atoms with Gasteiger partial charge < -0.3 is 4.90 Å². The van der Waals surface area contributed by atoms with Crippen molar-refractivity contribution in [2.24, 2.45) is 11.8 Å². The molecule has 1 unspecified atom stereocenters. The van der Waals surface area contributed by atoms with Gasteiger partial charge in [0.15, 0.2) is 0 Å². The molecule has 1 heterocycles. The number of nitrogens with zero attached hydrogens (tertiary/aromatic N) is 1. The topological polar surface area (TPSA) is 20.3 Å². The molecule has 1 aromatic carbocycles. The predicted molar refractivity (Wildman–Crippen MR) is 92.9 cm³/mol. The van der Waals surface area contributed by atoms with Crippen molar-refractivity contribution < 1.29 is 4.79 Å². The van der Waals surface area contributed by atoms with Gasteiger partial charge in [-0.2, -0.15) is 0 Å². The summed E-state index contributed by atoms with van der Waals surface area (Å²) in [6, 6.07) is 6.03. The van der Waals surface area contributed by atoms with Crippen LogP contribution in [0.1, 0.15) is 44.2 Å². The predicted octanol–water partition coefficient (Wildman–Crippen LogP) is 4.99. The number of aryl methyl sites for hydroxylation is 1. The first kappa shape index (κ1) is 17.1. The van der Waals surface area contributed by atoms with Crippen molar-refractivity contribution in [3.63, 3.8) is 0 Å². The summed E-state index contributed by atoms with van der Waals surface area (Å²) in [5.74, 6) is 1.01. The summed E-state index contributed by atoms with van der Waals surface area (Å²) in [6.07, 6.45) is 7.62. The first-order chi connectivity index (χ1) is 10.6. The Bertz CT molecular complexity index is 552. The van der Waals surface area contributed by atoms with Gasteiger partial charge in [0.2, 0.25) is 5.91 Å². The van der Waals surface area contributed by atoms with E-state index in [1.807, 2.05) is 37.8 Å². The monoisotopic (exact) mass is 319 g/mol. The minimum absolute atomic E-state index is 0.210. The van der Waals surface area contributed by atoms with Crippen LogP contribution in [0.15, 0.2) is 30.4 Å². The Kier molecular flexibility index (Phi) is 6.07. The van der Waals surface area contributed by atoms with E-state index in [0.717, 1.165) is 36.4 Å². The van der Waals surface area contributed by atoms with Gasteiger partial charge in [0.1, 0.15) is 0 Å². The Hall–Kier alpha value is -1.28. The number of rotatable bonds is 2. The molecule has 1 fully saturated rings. The average molecular weight is 320 g/mol. The Morgan fingerprint density at radius 1 is 1.27 bits per heavy atom. The van der Waals surface area contributed by atoms with Crippen LogP contribution in [0.2, 0.25) is 5.02 Å². The third-order valence-corrected chi connectivity index (χ3v) is 4.93. The van der Waals surface area contributed by atoms with E-state index in [-0.39, 0.29) is 5.92 Å². The molecule has 2 aliphatic rings. The van der Waals surface area contributed by atoms with Gasteiger partial charge in [-0.25, -0.2) is 0 Å². The van der Waals surface area contributed by atoms with Crippen molar-refractivity contribution in [1.82, 2.24) is 4.90 Å². The first-order valence-electron chi connectivity index (χ1n) is 8.35. The molecule has 1 saturated heterocycles. The van der Waals surface area contributed by atoms with Gasteiger partial charge in [0.05, 0.1) is 0 Å². The average Bonchev–Trinajstić information content (AvgIpc) is 2.56. The third kappa shape index (κ3) is 3.73. The number of fused-ring (bicyclic) bond motifs is 1. The van der Waals surface area contributed by atoms with Gasteiger partial charge in [0, 0.05) is 24.0 Å². The Balaban J connectivity index is 0.000000847. The molecule has 0 N–H and O–H groups in total. The second kappa shape index (κ2) is 7.82. The van der Waals surface area contributed by atoms with Crippen LogP contribution in [-0.4, -0.2) is 17.4 Å². The summed E-state index contributed by atoms with van der Waals surface area (Å²) >= 11 is 6.06. The summed E-state index contributed by atoms with van der Waals surface area (Å²) in [7, 11) is 0. The molecular weight excluding hydrogens is 294 g/mol. The van der Waals surface area contributed by atoms with Gasteiger partial charge >= 0.3 is 0 Å². The molecule has 1 amide bonds. The number of amides is 1. The van der Waals surface area contributed by atoms with Crippen LogP contribution in [-0.2, 0) is 11.3 Å². The summed E-state index contributed by atoms with van der Waals surface area (Å²) in [5, 5.41) is 0.788. The van der Waals surface area contributed by atoms with E-state index in [1.54, 1.807) is 0 Å². The summed E-state index contributed by atoms with van der Waals surface area (Å²) in [4.78, 5) is 14.6. The first-order valence-corrected chi connectivity index (χ1v) is 8.73. The lowest BCUT2D eigenvalue weighted by molar-refractivity contribution is -0.141. The molecule has 1 aliphatic carbocycles. The second-order valence-corrected chi connectivity index (χ2v) is 6.32. The molecule has 0 aromatic heterocycles. The van der Waals surface area contributed by atoms with Crippen molar-refractivity contribution in [2.45, 2.75) is 46.6 Å². The smallest absolute Gasteiger partial charge is 0.226 e. The minimum atomic E-state index is 0.210. The lowest BCUT2D eigenvalue weighted by Crippen LogP contribution is -2.45. The normalized spacial score (nSPS) is 23.6. The van der Waals surface area contributed by atoms with Gasteiger partial charge in [-0.1, -0.05) is 49.7 Å². The van der Waals surface area contributed by atoms with E-state index < -0.39 is 0 Å². The van der Waals surface area contributed by atoms with Gasteiger partial charge in [-0.15, -0.1) is 0 Å². The van der Waals surface area contributed by atoms with Crippen molar-refractivity contribution in [3.05, 3.63) is 46.5 Å². The van der Waals surface area contributed by atoms with E-state index in [9.17, 15) is 4.79 Å². The molecule has 0 spiro atoms. The second-order valence-electron chi connectivity index (χ2n) is 5.91. The van der Waals surface area contributed by atoms with Crippen molar-refractivity contribution in [3.8, 4) is 0 Å².